The molecule has 0 atom stereocenters. The highest BCUT2D eigenvalue weighted by Gasteiger charge is 2.42. The van der Waals surface area contributed by atoms with Crippen molar-refractivity contribution in [2.45, 2.75) is 64.5 Å². The second kappa shape index (κ2) is 5.49. The molecule has 2 fully saturated rings. The molecule has 0 radical (unpaired) electrons. The molecular weight excluding hydrogens is 214 g/mol. The molecule has 0 amide bonds. The Bertz CT molecular complexity index is 240. The Labute approximate surface area is 106 Å². The minimum absolute atomic E-state index is 0.0266. The number of likely N-dealkylation sites (tertiary alicyclic amines) is 1. The van der Waals surface area contributed by atoms with Crippen LogP contribution in [0.3, 0.4) is 0 Å². The third-order valence-electron chi connectivity index (χ3n) is 3.90. The third kappa shape index (κ3) is 4.07. The fourth-order valence-electron chi connectivity index (χ4n) is 2.59. The molecule has 3 nitrogen and oxygen atoms in total. The number of ether oxygens (including phenoxy) is 1. The van der Waals surface area contributed by atoms with Gasteiger partial charge in [0, 0.05) is 37.1 Å². The van der Waals surface area contributed by atoms with E-state index in [0.29, 0.717) is 18.6 Å². The molecule has 0 aromatic rings. The summed E-state index contributed by atoms with van der Waals surface area (Å²) in [5.74, 6) is 0.392. The van der Waals surface area contributed by atoms with Crippen LogP contribution in [0.5, 0.6) is 0 Å². The SMILES string of the molecule is C1CCOC1.CN1C(C)(C)CC(=O)CC1(C)C. The van der Waals surface area contributed by atoms with E-state index in [1.54, 1.807) is 0 Å². The Morgan fingerprint density at radius 1 is 1.00 bits per heavy atom. The van der Waals surface area contributed by atoms with Crippen LogP contribution < -0.4 is 0 Å². The summed E-state index contributed by atoms with van der Waals surface area (Å²) in [6, 6.07) is 0. The van der Waals surface area contributed by atoms with Crippen molar-refractivity contribution in [1.82, 2.24) is 4.90 Å². The van der Waals surface area contributed by atoms with E-state index < -0.39 is 0 Å². The molecule has 0 N–H and O–H groups in total. The molecular formula is C14H27NO2. The number of rotatable bonds is 0. The lowest BCUT2D eigenvalue weighted by Gasteiger charge is -2.50. The van der Waals surface area contributed by atoms with Crippen molar-refractivity contribution in [1.29, 1.82) is 0 Å². The summed E-state index contributed by atoms with van der Waals surface area (Å²) in [5.41, 5.74) is 0.0532. The Kier molecular flexibility index (Phi) is 4.73. The minimum atomic E-state index is 0.0266. The Morgan fingerprint density at radius 2 is 1.41 bits per heavy atom. The number of hydrogen-bond acceptors (Lipinski definition) is 3. The minimum Gasteiger partial charge on any atom is -0.381 e. The van der Waals surface area contributed by atoms with E-state index in [1.807, 2.05) is 0 Å². The molecule has 0 aromatic carbocycles. The lowest BCUT2D eigenvalue weighted by atomic mass is 9.80. The predicted octanol–water partition coefficient (Wildman–Crippen LogP) is 2.64. The van der Waals surface area contributed by atoms with Gasteiger partial charge in [0.2, 0.25) is 0 Å². The van der Waals surface area contributed by atoms with E-state index >= 15 is 0 Å². The second-order valence-electron chi connectivity index (χ2n) is 6.40. The van der Waals surface area contributed by atoms with Crippen LogP contribution in [0.25, 0.3) is 0 Å². The summed E-state index contributed by atoms with van der Waals surface area (Å²) in [6.45, 7) is 10.5. The van der Waals surface area contributed by atoms with E-state index in [2.05, 4.69) is 39.6 Å². The predicted molar refractivity (Wildman–Crippen MR) is 70.2 cm³/mol. The summed E-state index contributed by atoms with van der Waals surface area (Å²) in [7, 11) is 2.10. The van der Waals surface area contributed by atoms with Crippen molar-refractivity contribution in [3.8, 4) is 0 Å². The molecule has 2 aliphatic rings. The Morgan fingerprint density at radius 3 is 1.71 bits per heavy atom. The number of nitrogens with zero attached hydrogens (tertiary/aromatic N) is 1. The van der Waals surface area contributed by atoms with Crippen LogP contribution in [0.15, 0.2) is 0 Å². The maximum absolute atomic E-state index is 11.4. The average molecular weight is 241 g/mol. The topological polar surface area (TPSA) is 29.5 Å². The summed E-state index contributed by atoms with van der Waals surface area (Å²) in [6.07, 6.45) is 3.93. The second-order valence-corrected chi connectivity index (χ2v) is 6.40. The lowest BCUT2D eigenvalue weighted by Crippen LogP contribution is -2.58. The number of Topliss-reactive ketones (excluding diaryl/α,β-unsaturated/α-hetero) is 1. The molecule has 0 saturated carbocycles. The highest BCUT2D eigenvalue weighted by Crippen LogP contribution is 2.34. The zero-order valence-corrected chi connectivity index (χ0v) is 12.0. The highest BCUT2D eigenvalue weighted by molar-refractivity contribution is 5.81. The first-order valence-corrected chi connectivity index (χ1v) is 6.59. The first-order valence-electron chi connectivity index (χ1n) is 6.59. The van der Waals surface area contributed by atoms with Crippen LogP contribution in [0.4, 0.5) is 0 Å². The normalized spacial score (nSPS) is 27.5. The largest absolute Gasteiger partial charge is 0.381 e. The average Bonchev–Trinajstić information content (AvgIpc) is 2.70. The van der Waals surface area contributed by atoms with Gasteiger partial charge in [-0.2, -0.15) is 0 Å². The standard InChI is InChI=1S/C10H19NO.C4H8O/c1-9(2)6-8(12)7-10(3,4)11(9)5;1-2-4-5-3-1/h6-7H2,1-5H3;1-4H2. The van der Waals surface area contributed by atoms with Gasteiger partial charge in [-0.1, -0.05) is 0 Å². The van der Waals surface area contributed by atoms with Crippen LogP contribution >= 0.6 is 0 Å². The third-order valence-corrected chi connectivity index (χ3v) is 3.90. The summed E-state index contributed by atoms with van der Waals surface area (Å²) in [5, 5.41) is 0. The summed E-state index contributed by atoms with van der Waals surface area (Å²) >= 11 is 0. The molecule has 2 saturated heterocycles. The quantitative estimate of drug-likeness (QED) is 0.653. The van der Waals surface area contributed by atoms with Gasteiger partial charge in [-0.15, -0.1) is 0 Å². The van der Waals surface area contributed by atoms with Crippen molar-refractivity contribution in [3.05, 3.63) is 0 Å². The van der Waals surface area contributed by atoms with Crippen molar-refractivity contribution in [2.75, 3.05) is 20.3 Å². The van der Waals surface area contributed by atoms with Crippen molar-refractivity contribution < 1.29 is 9.53 Å². The molecule has 3 heteroatoms. The number of carbonyl (C=O) groups excluding carboxylic acids is 1. The molecule has 0 aromatic heterocycles. The van der Waals surface area contributed by atoms with Crippen molar-refractivity contribution in [2.24, 2.45) is 0 Å². The number of ketones is 1. The fraction of sp³-hybridized carbons (Fsp3) is 0.929. The van der Waals surface area contributed by atoms with Crippen LogP contribution in [-0.4, -0.2) is 42.0 Å². The molecule has 0 bridgehead atoms. The van der Waals surface area contributed by atoms with Crippen LogP contribution in [0, 0.1) is 0 Å². The molecule has 100 valence electrons. The first-order chi connectivity index (χ1) is 7.76. The first kappa shape index (κ1) is 14.7. The van der Waals surface area contributed by atoms with E-state index in [0.717, 1.165) is 13.2 Å². The van der Waals surface area contributed by atoms with Gasteiger partial charge >= 0.3 is 0 Å². The number of hydrogen-bond donors (Lipinski definition) is 0. The summed E-state index contributed by atoms with van der Waals surface area (Å²) < 4.78 is 4.94. The Balaban J connectivity index is 0.000000239. The summed E-state index contributed by atoms with van der Waals surface area (Å²) in [4.78, 5) is 13.7. The van der Waals surface area contributed by atoms with Gasteiger partial charge in [0.25, 0.3) is 0 Å². The van der Waals surface area contributed by atoms with Crippen LogP contribution in [-0.2, 0) is 9.53 Å². The van der Waals surface area contributed by atoms with Gasteiger partial charge in [-0.3, -0.25) is 9.69 Å². The van der Waals surface area contributed by atoms with E-state index in [-0.39, 0.29) is 11.1 Å². The molecule has 2 aliphatic heterocycles. The molecule has 2 heterocycles. The van der Waals surface area contributed by atoms with Gasteiger partial charge in [0.15, 0.2) is 0 Å². The maximum Gasteiger partial charge on any atom is 0.136 e. The van der Waals surface area contributed by atoms with Crippen molar-refractivity contribution in [3.63, 3.8) is 0 Å². The fourth-order valence-corrected chi connectivity index (χ4v) is 2.59. The van der Waals surface area contributed by atoms with E-state index in [9.17, 15) is 4.79 Å². The van der Waals surface area contributed by atoms with Gasteiger partial charge in [0.05, 0.1) is 0 Å². The molecule has 0 spiro atoms. The molecule has 0 aliphatic carbocycles. The van der Waals surface area contributed by atoms with Crippen LogP contribution in [0.2, 0.25) is 0 Å². The maximum atomic E-state index is 11.4. The van der Waals surface area contributed by atoms with Crippen LogP contribution in [0.1, 0.15) is 53.4 Å². The lowest BCUT2D eigenvalue weighted by molar-refractivity contribution is -0.131. The van der Waals surface area contributed by atoms with Gasteiger partial charge in [0.1, 0.15) is 5.78 Å². The van der Waals surface area contributed by atoms with Gasteiger partial charge < -0.3 is 4.74 Å². The monoisotopic (exact) mass is 241 g/mol. The Hall–Kier alpha value is -0.410. The molecule has 17 heavy (non-hydrogen) atoms. The van der Waals surface area contributed by atoms with Gasteiger partial charge in [-0.25, -0.2) is 0 Å². The van der Waals surface area contributed by atoms with E-state index in [1.165, 1.54) is 12.8 Å². The molecule has 0 unspecified atom stereocenters. The number of piperidine rings is 1. The number of carbonyl (C=O) groups is 1. The van der Waals surface area contributed by atoms with E-state index in [4.69, 9.17) is 4.74 Å². The zero-order valence-electron chi connectivity index (χ0n) is 12.0. The van der Waals surface area contributed by atoms with Gasteiger partial charge in [-0.05, 0) is 47.6 Å². The molecule has 2 rings (SSSR count). The zero-order chi connectivity index (χ0) is 13.1. The highest BCUT2D eigenvalue weighted by atomic mass is 16.5. The van der Waals surface area contributed by atoms with Crippen molar-refractivity contribution >= 4 is 5.78 Å². The smallest absolute Gasteiger partial charge is 0.136 e.